The van der Waals surface area contributed by atoms with E-state index in [-0.39, 0.29) is 28.7 Å². The lowest BCUT2D eigenvalue weighted by atomic mass is 10.2. The van der Waals surface area contributed by atoms with Gasteiger partial charge in [0.05, 0.1) is 25.5 Å². The highest BCUT2D eigenvalue weighted by molar-refractivity contribution is 6.32. The van der Waals surface area contributed by atoms with E-state index in [0.717, 1.165) is 5.56 Å². The summed E-state index contributed by atoms with van der Waals surface area (Å²) in [6, 6.07) is 12.9. The van der Waals surface area contributed by atoms with Crippen molar-refractivity contribution in [3.8, 4) is 28.7 Å². The molecule has 0 bridgehead atoms. The monoisotopic (exact) mass is 567 g/mol. The van der Waals surface area contributed by atoms with Gasteiger partial charge in [0.25, 0.3) is 5.91 Å². The third-order valence-corrected chi connectivity index (χ3v) is 5.39. The number of rotatable bonds is 12. The van der Waals surface area contributed by atoms with Crippen LogP contribution in [0.5, 0.6) is 28.7 Å². The smallest absolute Gasteiger partial charge is 0.506 e. The molecule has 0 aliphatic carbocycles. The topological polar surface area (TPSA) is 111 Å². The van der Waals surface area contributed by atoms with Gasteiger partial charge < -0.3 is 29.4 Å². The predicted molar refractivity (Wildman–Crippen MR) is 138 cm³/mol. The zero-order valence-corrected chi connectivity index (χ0v) is 21.6. The van der Waals surface area contributed by atoms with Crippen LogP contribution in [0.1, 0.15) is 21.5 Å². The molecule has 3 rings (SSSR count). The molecular formula is C26H25ClF3N3O6. The van der Waals surface area contributed by atoms with Crippen LogP contribution in [0.25, 0.3) is 0 Å². The number of nitrogens with one attached hydrogen (secondary N) is 2. The number of alkyl halides is 3. The van der Waals surface area contributed by atoms with Crippen LogP contribution in [0.2, 0.25) is 5.02 Å². The Morgan fingerprint density at radius 1 is 1.05 bits per heavy atom. The fraction of sp³-hybridized carbons (Fsp3) is 0.231. The van der Waals surface area contributed by atoms with E-state index in [0.29, 0.717) is 35.9 Å². The van der Waals surface area contributed by atoms with Gasteiger partial charge >= 0.3 is 6.36 Å². The number of amides is 1. The molecule has 3 N–H and O–H groups in total. The summed E-state index contributed by atoms with van der Waals surface area (Å²) in [5.74, 6) is 0.148. The minimum atomic E-state index is -4.73. The number of nitrogens with zero attached hydrogens (tertiary/aromatic N) is 1. The maximum absolute atomic E-state index is 12.3. The number of hydrazone groups is 1. The molecule has 0 aliphatic rings. The van der Waals surface area contributed by atoms with Gasteiger partial charge in [0, 0.05) is 24.2 Å². The Hall–Kier alpha value is -4.16. The Bertz CT molecular complexity index is 1280. The Labute approximate surface area is 227 Å². The number of ether oxygens (including phenoxy) is 4. The first-order valence-corrected chi connectivity index (χ1v) is 11.7. The molecule has 3 aromatic carbocycles. The third-order valence-electron chi connectivity index (χ3n) is 5.08. The van der Waals surface area contributed by atoms with Crippen LogP contribution in [0.4, 0.5) is 13.2 Å². The number of carbonyl (C=O) groups is 1. The van der Waals surface area contributed by atoms with Gasteiger partial charge in [-0.3, -0.25) is 4.79 Å². The number of hydrogen-bond acceptors (Lipinski definition) is 8. The molecule has 0 aliphatic heterocycles. The first-order chi connectivity index (χ1) is 18.6. The van der Waals surface area contributed by atoms with Gasteiger partial charge in [-0.2, -0.15) is 5.10 Å². The van der Waals surface area contributed by atoms with Gasteiger partial charge in [-0.05, 0) is 48.0 Å². The summed E-state index contributed by atoms with van der Waals surface area (Å²) >= 11 is 5.83. The quantitative estimate of drug-likeness (QED) is 0.162. The molecule has 0 unspecified atom stereocenters. The highest BCUT2D eigenvalue weighted by atomic mass is 35.5. The van der Waals surface area contributed by atoms with E-state index in [4.69, 9.17) is 25.8 Å². The molecule has 208 valence electrons. The number of halogens is 4. The normalized spacial score (nSPS) is 11.3. The minimum Gasteiger partial charge on any atom is -0.506 e. The maximum Gasteiger partial charge on any atom is 0.573 e. The van der Waals surface area contributed by atoms with Gasteiger partial charge in [0.2, 0.25) is 5.75 Å². The second kappa shape index (κ2) is 13.6. The molecule has 9 nitrogen and oxygen atoms in total. The Balaban J connectivity index is 1.54. The molecule has 0 atom stereocenters. The molecule has 0 fully saturated rings. The number of methoxy groups -OCH3 is 2. The lowest BCUT2D eigenvalue weighted by molar-refractivity contribution is -0.274. The van der Waals surface area contributed by atoms with Crippen molar-refractivity contribution in [1.82, 2.24) is 10.7 Å². The zero-order valence-electron chi connectivity index (χ0n) is 20.8. The van der Waals surface area contributed by atoms with Gasteiger partial charge in [-0.25, -0.2) is 5.43 Å². The van der Waals surface area contributed by atoms with E-state index in [1.165, 1.54) is 62.9 Å². The van der Waals surface area contributed by atoms with Crippen molar-refractivity contribution in [1.29, 1.82) is 0 Å². The van der Waals surface area contributed by atoms with Crippen LogP contribution in [0.15, 0.2) is 59.7 Å². The minimum absolute atomic E-state index is 0.0421. The van der Waals surface area contributed by atoms with Crippen molar-refractivity contribution in [3.05, 3.63) is 76.3 Å². The second-order valence-corrected chi connectivity index (χ2v) is 8.24. The first-order valence-electron chi connectivity index (χ1n) is 11.4. The summed E-state index contributed by atoms with van der Waals surface area (Å²) in [7, 11) is 2.92. The summed E-state index contributed by atoms with van der Waals surface area (Å²) in [4.78, 5) is 12.2. The van der Waals surface area contributed by atoms with E-state index in [2.05, 4.69) is 20.6 Å². The van der Waals surface area contributed by atoms with E-state index in [1.807, 2.05) is 0 Å². The zero-order chi connectivity index (χ0) is 28.4. The van der Waals surface area contributed by atoms with Crippen molar-refractivity contribution in [2.24, 2.45) is 5.10 Å². The number of benzene rings is 3. The van der Waals surface area contributed by atoms with Crippen LogP contribution in [0.3, 0.4) is 0 Å². The van der Waals surface area contributed by atoms with Gasteiger partial charge in [0.1, 0.15) is 18.1 Å². The SMILES string of the molecule is COc1cc(C=NNC(=O)c2ccc(O)c(Cl)c2)cc(OC)c1OCCNCc1ccc(OC(F)(F)F)cc1. The second-order valence-electron chi connectivity index (χ2n) is 7.84. The summed E-state index contributed by atoms with van der Waals surface area (Å²) in [5.41, 5.74) is 3.91. The van der Waals surface area contributed by atoms with Crippen LogP contribution in [-0.2, 0) is 6.54 Å². The highest BCUT2D eigenvalue weighted by Gasteiger charge is 2.30. The maximum atomic E-state index is 12.3. The van der Waals surface area contributed by atoms with Crippen LogP contribution in [-0.4, -0.2) is 51.0 Å². The van der Waals surface area contributed by atoms with E-state index in [1.54, 1.807) is 12.1 Å². The average molecular weight is 568 g/mol. The van der Waals surface area contributed by atoms with Crippen molar-refractivity contribution >= 4 is 23.7 Å². The average Bonchev–Trinajstić information content (AvgIpc) is 2.90. The molecule has 1 amide bonds. The largest absolute Gasteiger partial charge is 0.573 e. The number of carbonyl (C=O) groups excluding carboxylic acids is 1. The molecule has 0 aromatic heterocycles. The fourth-order valence-electron chi connectivity index (χ4n) is 3.26. The lowest BCUT2D eigenvalue weighted by Crippen LogP contribution is -2.21. The summed E-state index contributed by atoms with van der Waals surface area (Å²) < 4.78 is 57.3. The van der Waals surface area contributed by atoms with Crippen LogP contribution >= 0.6 is 11.6 Å². The van der Waals surface area contributed by atoms with E-state index >= 15 is 0 Å². The fourth-order valence-corrected chi connectivity index (χ4v) is 3.44. The van der Waals surface area contributed by atoms with Crippen LogP contribution in [0, 0.1) is 0 Å². The van der Waals surface area contributed by atoms with Gasteiger partial charge in [-0.15, -0.1) is 13.2 Å². The summed E-state index contributed by atoms with van der Waals surface area (Å²) in [6.07, 6.45) is -3.34. The van der Waals surface area contributed by atoms with E-state index < -0.39 is 12.3 Å². The predicted octanol–water partition coefficient (Wildman–Crippen LogP) is 4.89. The molecule has 0 heterocycles. The summed E-state index contributed by atoms with van der Waals surface area (Å²) in [5, 5.41) is 16.6. The molecular weight excluding hydrogens is 543 g/mol. The first kappa shape index (κ1) is 29.4. The number of phenolic OH excluding ortho intramolecular Hbond substituents is 1. The van der Waals surface area contributed by atoms with Gasteiger partial charge in [-0.1, -0.05) is 23.7 Å². The van der Waals surface area contributed by atoms with Gasteiger partial charge in [0.15, 0.2) is 11.5 Å². The van der Waals surface area contributed by atoms with Crippen molar-refractivity contribution in [3.63, 3.8) is 0 Å². The van der Waals surface area contributed by atoms with Crippen molar-refractivity contribution in [2.45, 2.75) is 12.9 Å². The Morgan fingerprint density at radius 3 is 2.31 bits per heavy atom. The molecule has 39 heavy (non-hydrogen) atoms. The molecule has 0 spiro atoms. The number of phenols is 1. The van der Waals surface area contributed by atoms with Crippen LogP contribution < -0.4 is 29.7 Å². The Kier molecular flexibility index (Phi) is 10.2. The highest BCUT2D eigenvalue weighted by Crippen LogP contribution is 2.38. The molecule has 13 heteroatoms. The third kappa shape index (κ3) is 8.97. The molecule has 0 saturated carbocycles. The van der Waals surface area contributed by atoms with Crippen molar-refractivity contribution in [2.75, 3.05) is 27.4 Å². The van der Waals surface area contributed by atoms with E-state index in [9.17, 15) is 23.1 Å². The lowest BCUT2D eigenvalue weighted by Gasteiger charge is -2.15. The molecule has 0 radical (unpaired) electrons. The standard InChI is InChI=1S/C26H25ClF3N3O6/c1-36-22-11-17(15-32-33-25(35)18-5-8-21(34)20(27)13-18)12-23(37-2)24(22)38-10-9-31-14-16-3-6-19(7-4-16)39-26(28,29)30/h3-8,11-13,15,31,34H,9-10,14H2,1-2H3,(H,33,35). The molecule has 0 saturated heterocycles. The number of hydrogen-bond donors (Lipinski definition) is 3. The number of aromatic hydroxyl groups is 1. The van der Waals surface area contributed by atoms with Crippen molar-refractivity contribution < 1.29 is 42.0 Å². The Morgan fingerprint density at radius 2 is 1.72 bits per heavy atom. The summed E-state index contributed by atoms with van der Waals surface area (Å²) in [6.45, 7) is 1.06. The molecule has 3 aromatic rings.